The largest absolute Gasteiger partial charge is 0.456 e. The number of aromatic nitrogens is 1. The first-order chi connectivity index (χ1) is 17.8. The first kappa shape index (κ1) is 18.5. The molecule has 0 fully saturated rings. The van der Waals surface area contributed by atoms with Crippen molar-refractivity contribution in [3.05, 3.63) is 109 Å². The zero-order valence-electron chi connectivity index (χ0n) is 19.3. The minimum Gasteiger partial charge on any atom is -0.456 e. The molecule has 8 aromatic rings. The highest BCUT2D eigenvalue weighted by Gasteiger charge is 2.24. The van der Waals surface area contributed by atoms with E-state index in [-0.39, 0.29) is 0 Å². The maximum absolute atomic E-state index is 6.44. The number of hydrogen-bond acceptors (Lipinski definition) is 1. The molecular formula is C34H19NO. The Bertz CT molecular complexity index is 2210. The Balaban J connectivity index is 1.33. The lowest BCUT2D eigenvalue weighted by molar-refractivity contribution is 0.669. The van der Waals surface area contributed by atoms with Gasteiger partial charge in [-0.2, -0.15) is 0 Å². The van der Waals surface area contributed by atoms with Gasteiger partial charge < -0.3 is 9.40 Å². The molecule has 0 amide bonds. The molecule has 36 heavy (non-hydrogen) atoms. The van der Waals surface area contributed by atoms with E-state index in [1.165, 1.54) is 76.7 Å². The Morgan fingerprint density at radius 1 is 0.417 bits per heavy atom. The van der Waals surface area contributed by atoms with E-state index in [2.05, 4.69) is 114 Å². The molecule has 1 aliphatic rings. The molecular weight excluding hydrogens is 438 g/mol. The van der Waals surface area contributed by atoms with Gasteiger partial charge >= 0.3 is 0 Å². The van der Waals surface area contributed by atoms with E-state index in [1.54, 1.807) is 0 Å². The van der Waals surface area contributed by atoms with Crippen LogP contribution in [-0.2, 0) is 0 Å². The van der Waals surface area contributed by atoms with Crippen molar-refractivity contribution in [2.75, 3.05) is 0 Å². The molecule has 0 saturated carbocycles. The zero-order chi connectivity index (χ0) is 23.4. The number of benzene rings is 6. The Morgan fingerprint density at radius 2 is 1.11 bits per heavy atom. The van der Waals surface area contributed by atoms with Gasteiger partial charge in [0.05, 0.1) is 0 Å². The third kappa shape index (κ3) is 2.26. The van der Waals surface area contributed by atoms with Crippen molar-refractivity contribution in [3.63, 3.8) is 0 Å². The molecule has 0 bridgehead atoms. The van der Waals surface area contributed by atoms with E-state index >= 15 is 0 Å². The number of hydrogen-bond donors (Lipinski definition) is 1. The molecule has 0 unspecified atom stereocenters. The molecule has 2 nitrogen and oxygen atoms in total. The lowest BCUT2D eigenvalue weighted by Crippen LogP contribution is -1.80. The van der Waals surface area contributed by atoms with Crippen LogP contribution in [0.3, 0.4) is 0 Å². The fourth-order valence-electron chi connectivity index (χ4n) is 6.35. The van der Waals surface area contributed by atoms with Gasteiger partial charge in [-0.1, -0.05) is 72.8 Å². The Labute approximate surface area is 206 Å². The molecule has 0 aliphatic heterocycles. The quantitative estimate of drug-likeness (QED) is 0.261. The lowest BCUT2D eigenvalue weighted by Gasteiger charge is -2.05. The average Bonchev–Trinajstić information content (AvgIpc) is 3.59. The van der Waals surface area contributed by atoms with Gasteiger partial charge in [-0.3, -0.25) is 0 Å². The summed E-state index contributed by atoms with van der Waals surface area (Å²) in [6.45, 7) is 0. The van der Waals surface area contributed by atoms with Gasteiger partial charge in [-0.05, 0) is 80.6 Å². The third-order valence-electron chi connectivity index (χ3n) is 7.94. The Morgan fingerprint density at radius 3 is 2.03 bits per heavy atom. The summed E-state index contributed by atoms with van der Waals surface area (Å²) in [6.07, 6.45) is 0. The van der Waals surface area contributed by atoms with E-state index in [0.717, 1.165) is 11.2 Å². The van der Waals surface area contributed by atoms with Gasteiger partial charge in [-0.25, -0.2) is 0 Å². The summed E-state index contributed by atoms with van der Waals surface area (Å²) >= 11 is 0. The van der Waals surface area contributed by atoms with Gasteiger partial charge in [0.15, 0.2) is 0 Å². The van der Waals surface area contributed by atoms with Crippen molar-refractivity contribution in [1.29, 1.82) is 0 Å². The molecule has 166 valence electrons. The number of fused-ring (bicyclic) bond motifs is 10. The first-order valence-electron chi connectivity index (χ1n) is 12.4. The molecule has 2 heterocycles. The highest BCUT2D eigenvalue weighted by Crippen LogP contribution is 2.50. The molecule has 1 aliphatic carbocycles. The second-order valence-corrected chi connectivity index (χ2v) is 9.81. The van der Waals surface area contributed by atoms with Crippen molar-refractivity contribution in [3.8, 4) is 33.4 Å². The standard InChI is InChI=1S/C34H19NO/c1-2-7-22-21(6-1)24-9-5-10-25-33(24)27(22)18-32-34(25)28-17-20(13-15-31(28)36-32)19-12-14-30-26(16-19)23-8-3-4-11-29(23)35-30/h1-18,35H. The minimum atomic E-state index is 0.930. The van der Waals surface area contributed by atoms with Gasteiger partial charge in [0.1, 0.15) is 11.2 Å². The van der Waals surface area contributed by atoms with E-state index in [0.29, 0.717) is 0 Å². The van der Waals surface area contributed by atoms with Gasteiger partial charge in [-0.15, -0.1) is 0 Å². The second-order valence-electron chi connectivity index (χ2n) is 9.81. The Kier molecular flexibility index (Phi) is 3.31. The monoisotopic (exact) mass is 457 g/mol. The summed E-state index contributed by atoms with van der Waals surface area (Å²) < 4.78 is 6.44. The summed E-state index contributed by atoms with van der Waals surface area (Å²) in [7, 11) is 0. The summed E-state index contributed by atoms with van der Waals surface area (Å²) in [5, 5.41) is 7.48. The summed E-state index contributed by atoms with van der Waals surface area (Å²) in [6, 6.07) is 39.4. The zero-order valence-corrected chi connectivity index (χ0v) is 19.3. The Hall–Kier alpha value is -4.82. The summed E-state index contributed by atoms with van der Waals surface area (Å²) in [5.74, 6) is 0. The third-order valence-corrected chi connectivity index (χ3v) is 7.94. The van der Waals surface area contributed by atoms with Crippen molar-refractivity contribution >= 4 is 54.5 Å². The van der Waals surface area contributed by atoms with Crippen molar-refractivity contribution in [2.24, 2.45) is 0 Å². The molecule has 0 atom stereocenters. The van der Waals surface area contributed by atoms with Gasteiger partial charge in [0.2, 0.25) is 0 Å². The van der Waals surface area contributed by atoms with Gasteiger partial charge in [0.25, 0.3) is 0 Å². The molecule has 2 heteroatoms. The van der Waals surface area contributed by atoms with Crippen molar-refractivity contribution < 1.29 is 4.42 Å². The van der Waals surface area contributed by atoms with Crippen molar-refractivity contribution in [1.82, 2.24) is 4.98 Å². The predicted octanol–water partition coefficient (Wildman–Crippen LogP) is 9.69. The fraction of sp³-hybridized carbons (Fsp3) is 0. The van der Waals surface area contributed by atoms with E-state index < -0.39 is 0 Å². The number of nitrogens with one attached hydrogen (secondary N) is 1. The molecule has 0 radical (unpaired) electrons. The van der Waals surface area contributed by atoms with Crippen LogP contribution in [0, 0.1) is 0 Å². The summed E-state index contributed by atoms with van der Waals surface area (Å²) in [4.78, 5) is 3.54. The molecule has 9 rings (SSSR count). The minimum absolute atomic E-state index is 0.930. The topological polar surface area (TPSA) is 28.9 Å². The number of furan rings is 1. The first-order valence-corrected chi connectivity index (χ1v) is 12.4. The van der Waals surface area contributed by atoms with Crippen molar-refractivity contribution in [2.45, 2.75) is 0 Å². The lowest BCUT2D eigenvalue weighted by atomic mass is 9.96. The highest BCUT2D eigenvalue weighted by atomic mass is 16.3. The smallest absolute Gasteiger partial charge is 0.136 e. The molecule has 0 saturated heterocycles. The number of rotatable bonds is 1. The van der Waals surface area contributed by atoms with Crippen LogP contribution in [0.25, 0.3) is 87.9 Å². The van der Waals surface area contributed by atoms with E-state index in [9.17, 15) is 0 Å². The predicted molar refractivity (Wildman–Crippen MR) is 150 cm³/mol. The fourth-order valence-corrected chi connectivity index (χ4v) is 6.35. The average molecular weight is 458 g/mol. The highest BCUT2D eigenvalue weighted by molar-refractivity contribution is 6.28. The van der Waals surface area contributed by atoms with Crippen LogP contribution in [0.4, 0.5) is 0 Å². The SMILES string of the molecule is c1ccc2c(c1)-c1cccc3c1c-2cc1oc2ccc(-c4ccc5[nH]c6ccccc6c5c4)cc2c13. The van der Waals surface area contributed by atoms with E-state index in [4.69, 9.17) is 4.42 Å². The van der Waals surface area contributed by atoms with Crippen LogP contribution in [0.2, 0.25) is 0 Å². The van der Waals surface area contributed by atoms with Crippen LogP contribution in [0.1, 0.15) is 0 Å². The molecule has 2 aromatic heterocycles. The van der Waals surface area contributed by atoms with Crippen LogP contribution in [0.15, 0.2) is 114 Å². The van der Waals surface area contributed by atoms with Gasteiger partial charge in [0, 0.05) is 32.6 Å². The number of H-pyrrole nitrogens is 1. The maximum atomic E-state index is 6.44. The number of para-hydroxylation sites is 1. The summed E-state index contributed by atoms with van der Waals surface area (Å²) in [5.41, 5.74) is 11.8. The van der Waals surface area contributed by atoms with Crippen LogP contribution in [-0.4, -0.2) is 4.98 Å². The van der Waals surface area contributed by atoms with Crippen LogP contribution >= 0.6 is 0 Å². The molecule has 0 spiro atoms. The number of aromatic amines is 1. The van der Waals surface area contributed by atoms with E-state index in [1.807, 2.05) is 0 Å². The molecule has 6 aromatic carbocycles. The van der Waals surface area contributed by atoms with Crippen LogP contribution < -0.4 is 0 Å². The second kappa shape index (κ2) is 6.44. The normalized spacial score (nSPS) is 12.4. The molecule has 1 N–H and O–H groups in total. The maximum Gasteiger partial charge on any atom is 0.136 e. The van der Waals surface area contributed by atoms with Crippen LogP contribution in [0.5, 0.6) is 0 Å².